The number of carbonyl (C=O) groups excluding carboxylic acids is 4. The van der Waals surface area contributed by atoms with Gasteiger partial charge in [-0.2, -0.15) is 0 Å². The van der Waals surface area contributed by atoms with Gasteiger partial charge in [-0.05, 0) is 25.1 Å². The fourth-order valence-electron chi connectivity index (χ4n) is 3.16. The van der Waals surface area contributed by atoms with E-state index in [2.05, 4.69) is 15.3 Å². The number of hydrogen-bond acceptors (Lipinski definition) is 7. The number of anilines is 1. The molecular formula is C22H14ClN3O5. The molecule has 2 aromatic carbocycles. The van der Waals surface area contributed by atoms with Crippen molar-refractivity contribution in [3.63, 3.8) is 0 Å². The van der Waals surface area contributed by atoms with Gasteiger partial charge in [-0.3, -0.25) is 19.7 Å². The van der Waals surface area contributed by atoms with Crippen LogP contribution in [0.2, 0.25) is 5.02 Å². The molecule has 0 spiro atoms. The molecule has 1 atom stereocenters. The van der Waals surface area contributed by atoms with Crippen molar-refractivity contribution in [2.75, 3.05) is 5.32 Å². The Morgan fingerprint density at radius 1 is 0.935 bits per heavy atom. The van der Waals surface area contributed by atoms with Crippen molar-refractivity contribution in [2.45, 2.75) is 13.0 Å². The van der Waals surface area contributed by atoms with Gasteiger partial charge in [0.05, 0.1) is 16.1 Å². The predicted molar refractivity (Wildman–Crippen MR) is 110 cm³/mol. The van der Waals surface area contributed by atoms with Gasteiger partial charge >= 0.3 is 5.97 Å². The second-order valence-electron chi connectivity index (χ2n) is 6.66. The third-order valence-electron chi connectivity index (χ3n) is 4.70. The zero-order valence-electron chi connectivity index (χ0n) is 16.1. The molecule has 1 aliphatic rings. The van der Waals surface area contributed by atoms with Gasteiger partial charge in [-0.25, -0.2) is 14.8 Å². The topological polar surface area (TPSA) is 115 Å². The number of nitrogens with zero attached hydrogens (tertiary/aromatic N) is 2. The minimum absolute atomic E-state index is 0.0602. The number of hydrogen-bond donors (Lipinski definition) is 1. The summed E-state index contributed by atoms with van der Waals surface area (Å²) in [5, 5.41) is 2.22. The zero-order valence-corrected chi connectivity index (χ0v) is 16.8. The van der Waals surface area contributed by atoms with Gasteiger partial charge in [0.2, 0.25) is 5.95 Å². The molecule has 1 N–H and O–H groups in total. The fraction of sp³-hybridized carbons (Fsp3) is 0.0909. The van der Waals surface area contributed by atoms with Gasteiger partial charge in [-0.1, -0.05) is 35.9 Å². The Morgan fingerprint density at radius 3 is 2.26 bits per heavy atom. The van der Waals surface area contributed by atoms with E-state index in [0.717, 1.165) is 0 Å². The fourth-order valence-corrected chi connectivity index (χ4v) is 3.48. The van der Waals surface area contributed by atoms with E-state index in [0.29, 0.717) is 0 Å². The van der Waals surface area contributed by atoms with Crippen molar-refractivity contribution in [3.05, 3.63) is 87.7 Å². The van der Waals surface area contributed by atoms with E-state index in [1.54, 1.807) is 24.3 Å². The number of esters is 1. The summed E-state index contributed by atoms with van der Waals surface area (Å²) in [5.74, 6) is -2.32. The van der Waals surface area contributed by atoms with Crippen LogP contribution in [-0.4, -0.2) is 39.5 Å². The Morgan fingerprint density at radius 2 is 1.58 bits per heavy atom. The number of carbonyl (C=O) groups is 4. The lowest BCUT2D eigenvalue weighted by Gasteiger charge is -2.20. The lowest BCUT2D eigenvalue weighted by molar-refractivity contribution is -0.123. The first-order valence-electron chi connectivity index (χ1n) is 9.18. The number of rotatable bonds is 4. The van der Waals surface area contributed by atoms with Crippen LogP contribution in [0.4, 0.5) is 5.95 Å². The summed E-state index contributed by atoms with van der Waals surface area (Å²) < 4.78 is 5.19. The smallest absolute Gasteiger partial charge is 0.340 e. The van der Waals surface area contributed by atoms with Crippen LogP contribution in [0.15, 0.2) is 54.9 Å². The number of fused-ring (bicyclic) bond motifs is 2. The highest BCUT2D eigenvalue weighted by molar-refractivity contribution is 6.41. The van der Waals surface area contributed by atoms with Crippen LogP contribution in [0.5, 0.6) is 0 Å². The molecule has 3 aromatic rings. The Bertz CT molecular complexity index is 1240. The maximum Gasteiger partial charge on any atom is 0.340 e. The van der Waals surface area contributed by atoms with Gasteiger partial charge < -0.3 is 4.74 Å². The van der Waals surface area contributed by atoms with Crippen LogP contribution in [0.1, 0.15) is 49.1 Å². The Kier molecular flexibility index (Phi) is 5.31. The molecule has 0 saturated heterocycles. The summed E-state index contributed by atoms with van der Waals surface area (Å²) in [6, 6.07) is 10.6. The molecule has 1 heterocycles. The van der Waals surface area contributed by atoms with Crippen LogP contribution < -0.4 is 5.32 Å². The van der Waals surface area contributed by atoms with Crippen molar-refractivity contribution >= 4 is 41.0 Å². The number of ketones is 2. The van der Waals surface area contributed by atoms with E-state index in [4.69, 9.17) is 16.3 Å². The average molecular weight is 436 g/mol. The third kappa shape index (κ3) is 3.69. The maximum atomic E-state index is 12.9. The van der Waals surface area contributed by atoms with Crippen LogP contribution in [0.3, 0.4) is 0 Å². The molecule has 0 bridgehead atoms. The first-order chi connectivity index (χ1) is 14.9. The summed E-state index contributed by atoms with van der Waals surface area (Å²) in [5.41, 5.74) is 0.409. The van der Waals surface area contributed by atoms with Crippen LogP contribution in [0, 0.1) is 0 Å². The Labute approximate surface area is 181 Å². The largest absolute Gasteiger partial charge is 0.449 e. The molecule has 1 amide bonds. The minimum Gasteiger partial charge on any atom is -0.449 e. The number of amides is 1. The molecule has 1 aliphatic carbocycles. The highest BCUT2D eigenvalue weighted by atomic mass is 35.5. The molecule has 31 heavy (non-hydrogen) atoms. The van der Waals surface area contributed by atoms with E-state index < -0.39 is 23.8 Å². The van der Waals surface area contributed by atoms with Crippen molar-refractivity contribution < 1.29 is 23.9 Å². The molecule has 8 nitrogen and oxygen atoms in total. The third-order valence-corrected chi connectivity index (χ3v) is 5.10. The second kappa shape index (κ2) is 8.08. The first kappa shape index (κ1) is 20.4. The normalized spacial score (nSPS) is 13.1. The molecule has 0 saturated carbocycles. The first-order valence-corrected chi connectivity index (χ1v) is 9.56. The Hall–Kier alpha value is -3.91. The van der Waals surface area contributed by atoms with Crippen molar-refractivity contribution in [2.24, 2.45) is 0 Å². The summed E-state index contributed by atoms with van der Waals surface area (Å²) >= 11 is 6.35. The molecule has 0 aliphatic heterocycles. The van der Waals surface area contributed by atoms with Crippen molar-refractivity contribution in [1.29, 1.82) is 0 Å². The molecule has 0 fully saturated rings. The molecule has 4 rings (SSSR count). The average Bonchev–Trinajstić information content (AvgIpc) is 2.77. The zero-order chi connectivity index (χ0) is 22.1. The summed E-state index contributed by atoms with van der Waals surface area (Å²) in [6.45, 7) is 1.37. The highest BCUT2D eigenvalue weighted by Gasteiger charge is 2.33. The maximum absolute atomic E-state index is 12.9. The summed E-state index contributed by atoms with van der Waals surface area (Å²) in [6.07, 6.45) is 1.70. The molecule has 0 radical (unpaired) electrons. The molecular weight excluding hydrogens is 422 g/mol. The van der Waals surface area contributed by atoms with Gasteiger partial charge in [0.1, 0.15) is 0 Å². The molecule has 1 aromatic heterocycles. The van der Waals surface area contributed by atoms with Gasteiger partial charge in [0.25, 0.3) is 5.91 Å². The quantitative estimate of drug-likeness (QED) is 0.489. The lowest BCUT2D eigenvalue weighted by atomic mass is 9.83. The van der Waals surface area contributed by atoms with Crippen molar-refractivity contribution in [3.8, 4) is 0 Å². The van der Waals surface area contributed by atoms with Crippen molar-refractivity contribution in [1.82, 2.24) is 9.97 Å². The molecule has 1 unspecified atom stereocenters. The number of benzene rings is 2. The number of nitrogens with one attached hydrogen (secondary N) is 1. The van der Waals surface area contributed by atoms with Crippen LogP contribution in [-0.2, 0) is 9.53 Å². The van der Waals surface area contributed by atoms with E-state index in [1.807, 2.05) is 0 Å². The highest BCUT2D eigenvalue weighted by Crippen LogP contribution is 2.34. The van der Waals surface area contributed by atoms with Gasteiger partial charge in [0, 0.05) is 29.1 Å². The number of aromatic nitrogens is 2. The second-order valence-corrected chi connectivity index (χ2v) is 7.04. The molecule has 154 valence electrons. The van der Waals surface area contributed by atoms with Crippen LogP contribution >= 0.6 is 11.6 Å². The summed E-state index contributed by atoms with van der Waals surface area (Å²) in [7, 11) is 0. The van der Waals surface area contributed by atoms with E-state index in [1.165, 1.54) is 37.5 Å². The SMILES string of the molecule is CC(OC(=O)c1ccc2c(c1Cl)C(=O)c1ccccc1C2=O)C(=O)Nc1ncccn1. The summed E-state index contributed by atoms with van der Waals surface area (Å²) in [4.78, 5) is 58.2. The number of ether oxygens (including phenoxy) is 1. The molecule has 9 heteroatoms. The predicted octanol–water partition coefficient (Wildman–Crippen LogP) is 3.09. The minimum atomic E-state index is -1.19. The standard InChI is InChI=1S/C22H14ClN3O5/c1-11(20(29)26-22-24-9-4-10-25-22)31-21(30)15-8-7-14-16(17(15)23)19(28)13-6-3-2-5-12(13)18(14)27/h2-11H,1H3,(H,24,25,26,29). The number of halogens is 1. The van der Waals surface area contributed by atoms with E-state index in [9.17, 15) is 19.2 Å². The Balaban J connectivity index is 1.58. The van der Waals surface area contributed by atoms with Gasteiger partial charge in [0.15, 0.2) is 17.7 Å². The monoisotopic (exact) mass is 435 g/mol. The van der Waals surface area contributed by atoms with E-state index in [-0.39, 0.29) is 44.6 Å². The van der Waals surface area contributed by atoms with Crippen LogP contribution in [0.25, 0.3) is 0 Å². The van der Waals surface area contributed by atoms with E-state index >= 15 is 0 Å². The van der Waals surface area contributed by atoms with Gasteiger partial charge in [-0.15, -0.1) is 0 Å². The lowest BCUT2D eigenvalue weighted by Crippen LogP contribution is -2.31.